The van der Waals surface area contributed by atoms with Crippen LogP contribution in [0.4, 0.5) is 0 Å². The summed E-state index contributed by atoms with van der Waals surface area (Å²) in [4.78, 5) is 2.20. The summed E-state index contributed by atoms with van der Waals surface area (Å²) < 4.78 is 0. The van der Waals surface area contributed by atoms with Crippen molar-refractivity contribution in [2.45, 2.75) is 19.9 Å². The summed E-state index contributed by atoms with van der Waals surface area (Å²) >= 11 is 1.95. The summed E-state index contributed by atoms with van der Waals surface area (Å²) in [7, 11) is 4.20. The van der Waals surface area contributed by atoms with E-state index >= 15 is 0 Å². The van der Waals surface area contributed by atoms with Gasteiger partial charge in [0.1, 0.15) is 0 Å². The summed E-state index contributed by atoms with van der Waals surface area (Å²) in [5.74, 6) is 2.88. The third kappa shape index (κ3) is 6.95. The van der Waals surface area contributed by atoms with Gasteiger partial charge < -0.3 is 10.6 Å². The zero-order valence-electron chi connectivity index (χ0n) is 8.71. The van der Waals surface area contributed by atoms with Crippen LogP contribution in [0, 0.1) is 5.92 Å². The molecule has 0 aromatic rings. The van der Waals surface area contributed by atoms with Gasteiger partial charge in [0.05, 0.1) is 0 Å². The number of hydrogen-bond acceptors (Lipinski definition) is 3. The largest absolute Gasteiger partial charge is 0.327 e. The molecule has 0 aliphatic heterocycles. The molecule has 0 aliphatic carbocycles. The van der Waals surface area contributed by atoms with Crippen molar-refractivity contribution >= 4 is 11.8 Å². The van der Waals surface area contributed by atoms with Crippen LogP contribution >= 0.6 is 11.8 Å². The summed E-state index contributed by atoms with van der Waals surface area (Å²) in [6, 6.07) is 0.358. The molecule has 0 bridgehead atoms. The first kappa shape index (κ1) is 12.3. The Morgan fingerprint density at radius 2 is 1.92 bits per heavy atom. The maximum atomic E-state index is 5.90. The van der Waals surface area contributed by atoms with Crippen molar-refractivity contribution in [1.82, 2.24) is 4.90 Å². The molecule has 0 spiro atoms. The molecule has 1 atom stereocenters. The maximum absolute atomic E-state index is 5.90. The van der Waals surface area contributed by atoms with E-state index in [9.17, 15) is 0 Å². The van der Waals surface area contributed by atoms with E-state index in [-0.39, 0.29) is 0 Å². The normalized spacial score (nSPS) is 14.2. The van der Waals surface area contributed by atoms with E-state index in [0.717, 1.165) is 12.3 Å². The lowest BCUT2D eigenvalue weighted by atomic mass is 10.1. The van der Waals surface area contributed by atoms with Crippen LogP contribution < -0.4 is 5.73 Å². The van der Waals surface area contributed by atoms with Crippen molar-refractivity contribution in [3.63, 3.8) is 0 Å². The Bertz CT molecular complexity index is 105. The van der Waals surface area contributed by atoms with Gasteiger partial charge in [0.2, 0.25) is 0 Å². The molecule has 0 rings (SSSR count). The van der Waals surface area contributed by atoms with Crippen molar-refractivity contribution in [2.24, 2.45) is 11.7 Å². The van der Waals surface area contributed by atoms with Gasteiger partial charge in [-0.15, -0.1) is 0 Å². The minimum absolute atomic E-state index is 0.358. The first-order valence-corrected chi connectivity index (χ1v) is 5.67. The Hall–Kier alpha value is 0.270. The molecule has 0 heterocycles. The molecule has 0 fully saturated rings. The van der Waals surface area contributed by atoms with Crippen LogP contribution in [0.5, 0.6) is 0 Å². The topological polar surface area (TPSA) is 29.3 Å². The van der Waals surface area contributed by atoms with Crippen molar-refractivity contribution in [3.8, 4) is 0 Å². The van der Waals surface area contributed by atoms with Crippen LogP contribution in [0.3, 0.4) is 0 Å². The predicted octanol–water partition coefficient (Wildman–Crippen LogP) is 1.26. The van der Waals surface area contributed by atoms with E-state index in [0.29, 0.717) is 12.0 Å². The minimum Gasteiger partial charge on any atom is -0.327 e. The predicted molar refractivity (Wildman–Crippen MR) is 58.7 cm³/mol. The monoisotopic (exact) mass is 190 g/mol. The molecule has 0 aromatic carbocycles. The van der Waals surface area contributed by atoms with E-state index in [1.807, 2.05) is 11.8 Å². The van der Waals surface area contributed by atoms with Crippen molar-refractivity contribution < 1.29 is 0 Å². The Balaban J connectivity index is 3.20. The SMILES string of the molecule is CC(C)C(N)CSCCN(C)C. The fraction of sp³-hybridized carbons (Fsp3) is 1.00. The minimum atomic E-state index is 0.358. The highest BCUT2D eigenvalue weighted by molar-refractivity contribution is 7.99. The maximum Gasteiger partial charge on any atom is 0.0153 e. The van der Waals surface area contributed by atoms with Crippen LogP contribution in [-0.2, 0) is 0 Å². The summed E-state index contributed by atoms with van der Waals surface area (Å²) in [6.45, 7) is 5.50. The van der Waals surface area contributed by atoms with Gasteiger partial charge in [0.15, 0.2) is 0 Å². The van der Waals surface area contributed by atoms with Crippen LogP contribution in [-0.4, -0.2) is 43.1 Å². The Morgan fingerprint density at radius 1 is 1.33 bits per heavy atom. The van der Waals surface area contributed by atoms with Crippen LogP contribution in [0.2, 0.25) is 0 Å². The molecule has 0 saturated carbocycles. The van der Waals surface area contributed by atoms with Gasteiger partial charge in [0.25, 0.3) is 0 Å². The van der Waals surface area contributed by atoms with E-state index in [1.165, 1.54) is 5.75 Å². The first-order chi connectivity index (χ1) is 5.54. The fourth-order valence-corrected chi connectivity index (χ4v) is 1.98. The van der Waals surface area contributed by atoms with E-state index in [4.69, 9.17) is 5.73 Å². The summed E-state index contributed by atoms with van der Waals surface area (Å²) in [5, 5.41) is 0. The highest BCUT2D eigenvalue weighted by Gasteiger charge is 2.06. The molecular formula is C9H22N2S. The van der Waals surface area contributed by atoms with Gasteiger partial charge >= 0.3 is 0 Å². The molecule has 2 N–H and O–H groups in total. The first-order valence-electron chi connectivity index (χ1n) is 4.52. The molecule has 1 unspecified atom stereocenters. The number of rotatable bonds is 6. The second-order valence-electron chi connectivity index (χ2n) is 3.79. The lowest BCUT2D eigenvalue weighted by Crippen LogP contribution is -2.29. The molecule has 0 aromatic heterocycles. The second-order valence-corrected chi connectivity index (χ2v) is 4.94. The number of nitrogens with two attached hydrogens (primary N) is 1. The van der Waals surface area contributed by atoms with Gasteiger partial charge in [-0.3, -0.25) is 0 Å². The molecule has 0 aliphatic rings. The van der Waals surface area contributed by atoms with Crippen LogP contribution in [0.15, 0.2) is 0 Å². The van der Waals surface area contributed by atoms with Gasteiger partial charge in [-0.1, -0.05) is 13.8 Å². The van der Waals surface area contributed by atoms with Crippen molar-refractivity contribution in [1.29, 1.82) is 0 Å². The molecular weight excluding hydrogens is 168 g/mol. The zero-order valence-corrected chi connectivity index (χ0v) is 9.53. The Morgan fingerprint density at radius 3 is 2.33 bits per heavy atom. The molecule has 0 amide bonds. The third-order valence-electron chi connectivity index (χ3n) is 1.85. The van der Waals surface area contributed by atoms with Crippen molar-refractivity contribution in [3.05, 3.63) is 0 Å². The molecule has 2 nitrogen and oxygen atoms in total. The van der Waals surface area contributed by atoms with Crippen molar-refractivity contribution in [2.75, 3.05) is 32.1 Å². The summed E-state index contributed by atoms with van der Waals surface area (Å²) in [6.07, 6.45) is 0. The fourth-order valence-electron chi connectivity index (χ4n) is 0.659. The number of thioether (sulfide) groups is 1. The average molecular weight is 190 g/mol. The van der Waals surface area contributed by atoms with E-state index in [1.54, 1.807) is 0 Å². The zero-order chi connectivity index (χ0) is 9.56. The van der Waals surface area contributed by atoms with Gasteiger partial charge in [-0.2, -0.15) is 11.8 Å². The molecule has 0 saturated heterocycles. The molecule has 3 heteroatoms. The number of nitrogens with zero attached hydrogens (tertiary/aromatic N) is 1. The Labute approximate surface area is 80.9 Å². The van der Waals surface area contributed by atoms with E-state index in [2.05, 4.69) is 32.8 Å². The lowest BCUT2D eigenvalue weighted by Gasteiger charge is -2.15. The van der Waals surface area contributed by atoms with Crippen LogP contribution in [0.1, 0.15) is 13.8 Å². The van der Waals surface area contributed by atoms with Crippen LogP contribution in [0.25, 0.3) is 0 Å². The molecule has 74 valence electrons. The third-order valence-corrected chi connectivity index (χ3v) is 2.94. The standard InChI is InChI=1S/C9H22N2S/c1-8(2)9(10)7-12-6-5-11(3)4/h8-9H,5-7,10H2,1-4H3. The molecule has 12 heavy (non-hydrogen) atoms. The lowest BCUT2D eigenvalue weighted by molar-refractivity contribution is 0.437. The molecule has 0 radical (unpaired) electrons. The summed E-state index contributed by atoms with van der Waals surface area (Å²) in [5.41, 5.74) is 5.90. The smallest absolute Gasteiger partial charge is 0.0153 e. The number of hydrogen-bond donors (Lipinski definition) is 1. The second kappa shape index (κ2) is 6.75. The highest BCUT2D eigenvalue weighted by atomic mass is 32.2. The average Bonchev–Trinajstić information content (AvgIpc) is 1.97. The van der Waals surface area contributed by atoms with E-state index < -0.39 is 0 Å². The highest BCUT2D eigenvalue weighted by Crippen LogP contribution is 2.07. The van der Waals surface area contributed by atoms with Gasteiger partial charge in [-0.05, 0) is 20.0 Å². The Kier molecular flexibility index (Phi) is 6.90. The van der Waals surface area contributed by atoms with Gasteiger partial charge in [0, 0.05) is 24.1 Å². The van der Waals surface area contributed by atoms with Gasteiger partial charge in [-0.25, -0.2) is 0 Å². The quantitative estimate of drug-likeness (QED) is 0.640.